The number of hydrogen-bond acceptors (Lipinski definition) is 3. The number of hydrogen-bond donors (Lipinski definition) is 1. The van der Waals surface area contributed by atoms with Crippen LogP contribution in [-0.2, 0) is 24.3 Å². The Morgan fingerprint density at radius 2 is 1.57 bits per heavy atom. The summed E-state index contributed by atoms with van der Waals surface area (Å²) < 4.78 is 0. The van der Waals surface area contributed by atoms with Crippen molar-refractivity contribution in [3.05, 3.63) is 65.7 Å². The summed E-state index contributed by atoms with van der Waals surface area (Å²) in [5.74, 6) is -0.482. The van der Waals surface area contributed by atoms with E-state index in [-0.39, 0.29) is 25.4 Å². The van der Waals surface area contributed by atoms with Crippen LogP contribution in [0.1, 0.15) is 22.8 Å². The average molecular weight is 368 g/mol. The van der Waals surface area contributed by atoms with E-state index < -0.39 is 5.97 Å². The summed E-state index contributed by atoms with van der Waals surface area (Å²) in [5, 5.41) is 17.4. The number of carbonyl (C=O) groups excluding carboxylic acids is 2. The first-order valence-electron chi connectivity index (χ1n) is 6.42. The molecule has 2 aromatic rings. The molecule has 0 bridgehead atoms. The summed E-state index contributed by atoms with van der Waals surface area (Å²) in [5.41, 5.74) is 3.63. The van der Waals surface area contributed by atoms with E-state index in [1.165, 1.54) is 13.1 Å². The Hall–Kier alpha value is -2.53. The van der Waals surface area contributed by atoms with Gasteiger partial charge in [0.1, 0.15) is 0 Å². The molecule has 0 saturated heterocycles. The molecule has 1 amide bonds. The third-order valence-corrected chi connectivity index (χ3v) is 2.37. The van der Waals surface area contributed by atoms with Crippen LogP contribution in [0.4, 0.5) is 0 Å². The van der Waals surface area contributed by atoms with Gasteiger partial charge < -0.3 is 10.2 Å². The smallest absolute Gasteiger partial charge is 0.593 e. The van der Waals surface area contributed by atoms with Crippen molar-refractivity contribution in [2.75, 3.05) is 0 Å². The molecule has 23 heavy (non-hydrogen) atoms. The number of amides is 1. The number of benzene rings is 2. The Kier molecular flexibility index (Phi) is 9.88. The molecule has 0 radical (unpaired) electrons. The minimum absolute atomic E-state index is 0. The minimum Gasteiger partial charge on any atom is -0.593 e. The summed E-state index contributed by atoms with van der Waals surface area (Å²) in [6.45, 7) is 1.19. The van der Waals surface area contributed by atoms with Gasteiger partial charge in [-0.05, 0) is 18.2 Å². The van der Waals surface area contributed by atoms with E-state index in [4.69, 9.17) is 15.0 Å². The number of para-hydroxylation sites is 1. The summed E-state index contributed by atoms with van der Waals surface area (Å²) >= 11 is 0. The third-order valence-electron chi connectivity index (χ3n) is 2.37. The van der Waals surface area contributed by atoms with E-state index in [1.807, 2.05) is 12.1 Å². The summed E-state index contributed by atoms with van der Waals surface area (Å²) in [6.07, 6.45) is 1.46. The normalized spacial score (nSPS) is 9.26. The van der Waals surface area contributed by atoms with Crippen molar-refractivity contribution in [2.24, 2.45) is 5.10 Å². The zero-order chi connectivity index (χ0) is 16.4. The molecule has 0 aliphatic heterocycles. The van der Waals surface area contributed by atoms with Crippen LogP contribution in [-0.4, -0.2) is 28.3 Å². The molecule has 2 aromatic carbocycles. The summed E-state index contributed by atoms with van der Waals surface area (Å²) in [6, 6.07) is 15.9. The number of carbonyl (C=O) groups is 2. The molecule has 0 aliphatic rings. The SMILES string of the molecule is CC(=O)[OH2+].O=C(NN=Cc1ccccc1[OH2+])c1ccccc1.[Zn+2]. The molecule has 5 N–H and O–H groups in total. The van der Waals surface area contributed by atoms with Gasteiger partial charge in [-0.3, -0.25) is 4.79 Å². The molecule has 2 rings (SSSR count). The standard InChI is InChI=1S/C14H12N2O2.C2H4O2.Zn/c17-13-9-5-4-8-12(13)10-15-16-14(18)11-6-2-1-3-7-11;1-2(3)4;/h1-10,17H,(H,16,18);1H3,(H,3,4);/q;;+2/p+2. The molecule has 7 heteroatoms. The predicted octanol–water partition coefficient (Wildman–Crippen LogP) is 1.14. The molecule has 0 aromatic heterocycles. The van der Waals surface area contributed by atoms with Gasteiger partial charge in [0.05, 0.1) is 18.7 Å². The van der Waals surface area contributed by atoms with Crippen LogP contribution in [0, 0.1) is 0 Å². The first kappa shape index (κ1) is 20.5. The van der Waals surface area contributed by atoms with Crippen LogP contribution < -0.4 is 5.43 Å². The first-order valence-corrected chi connectivity index (χ1v) is 6.42. The monoisotopic (exact) mass is 366 g/mol. The zero-order valence-electron chi connectivity index (χ0n) is 12.7. The van der Waals surface area contributed by atoms with E-state index in [1.54, 1.807) is 42.5 Å². The van der Waals surface area contributed by atoms with E-state index >= 15 is 0 Å². The van der Waals surface area contributed by atoms with Gasteiger partial charge >= 0.3 is 25.4 Å². The van der Waals surface area contributed by atoms with Crippen molar-refractivity contribution in [2.45, 2.75) is 6.92 Å². The van der Waals surface area contributed by atoms with Gasteiger partial charge in [0.15, 0.2) is 0 Å². The maximum atomic E-state index is 11.6. The molecule has 6 nitrogen and oxygen atoms in total. The molecule has 0 saturated carbocycles. The first-order chi connectivity index (χ1) is 10.5. The maximum absolute atomic E-state index is 11.6. The molecule has 0 fully saturated rings. The Balaban J connectivity index is 0.000000871. The molecule has 0 atom stereocenters. The van der Waals surface area contributed by atoms with Crippen LogP contribution >= 0.6 is 0 Å². The second kappa shape index (κ2) is 11.1. The number of rotatable bonds is 3. The van der Waals surface area contributed by atoms with Crippen molar-refractivity contribution in [3.8, 4) is 5.75 Å². The molecule has 0 spiro atoms. The largest absolute Gasteiger partial charge is 2.00 e. The molecule has 0 aliphatic carbocycles. The van der Waals surface area contributed by atoms with Crippen LogP contribution in [0.15, 0.2) is 59.7 Å². The summed E-state index contributed by atoms with van der Waals surface area (Å²) in [7, 11) is 0. The Morgan fingerprint density at radius 3 is 2.13 bits per heavy atom. The molecular weight excluding hydrogens is 350 g/mol. The van der Waals surface area contributed by atoms with Crippen LogP contribution in [0.5, 0.6) is 5.75 Å². The van der Waals surface area contributed by atoms with E-state index in [2.05, 4.69) is 10.5 Å². The van der Waals surface area contributed by atoms with Crippen molar-refractivity contribution >= 4 is 18.1 Å². The fourth-order valence-electron chi connectivity index (χ4n) is 1.42. The van der Waals surface area contributed by atoms with Gasteiger partial charge in [-0.25, -0.2) is 5.43 Å². The fourth-order valence-corrected chi connectivity index (χ4v) is 1.42. The van der Waals surface area contributed by atoms with Gasteiger partial charge in [-0.2, -0.15) is 5.10 Å². The third kappa shape index (κ3) is 8.48. The zero-order valence-corrected chi connectivity index (χ0v) is 15.7. The predicted molar refractivity (Wildman–Crippen MR) is 85.3 cm³/mol. The van der Waals surface area contributed by atoms with Crippen LogP contribution in [0.2, 0.25) is 0 Å². The number of nitrogens with zero attached hydrogens (tertiary/aromatic N) is 1. The van der Waals surface area contributed by atoms with Crippen molar-refractivity contribution in [1.82, 2.24) is 5.43 Å². The Morgan fingerprint density at radius 1 is 1.04 bits per heavy atom. The molecular formula is C16H18N2O4Zn+4. The average Bonchev–Trinajstić information content (AvgIpc) is 2.49. The van der Waals surface area contributed by atoms with Crippen LogP contribution in [0.25, 0.3) is 0 Å². The van der Waals surface area contributed by atoms with Crippen LogP contribution in [0.3, 0.4) is 0 Å². The summed E-state index contributed by atoms with van der Waals surface area (Å²) in [4.78, 5) is 20.8. The van der Waals surface area contributed by atoms with E-state index in [0.29, 0.717) is 16.9 Å². The van der Waals surface area contributed by atoms with Gasteiger partial charge in [0.2, 0.25) is 0 Å². The fraction of sp³-hybridized carbons (Fsp3) is 0.0625. The second-order valence-corrected chi connectivity index (χ2v) is 4.21. The maximum Gasteiger partial charge on any atom is 2.00 e. The molecule has 0 unspecified atom stereocenters. The Bertz CT molecular complexity index is 656. The topological polar surface area (TPSA) is 104 Å². The number of hydrazone groups is 1. The van der Waals surface area contributed by atoms with Crippen molar-refractivity contribution < 1.29 is 39.3 Å². The van der Waals surface area contributed by atoms with E-state index in [9.17, 15) is 4.79 Å². The van der Waals surface area contributed by atoms with E-state index in [0.717, 1.165) is 0 Å². The minimum atomic E-state index is -0.583. The quantitative estimate of drug-likeness (QED) is 0.380. The van der Waals surface area contributed by atoms with Crippen molar-refractivity contribution in [3.63, 3.8) is 0 Å². The molecule has 0 heterocycles. The number of nitrogens with one attached hydrogen (secondary N) is 1. The van der Waals surface area contributed by atoms with Gasteiger partial charge in [-0.15, -0.1) is 0 Å². The molecule has 114 valence electrons. The van der Waals surface area contributed by atoms with Gasteiger partial charge in [0.25, 0.3) is 11.7 Å². The Labute approximate surface area is 146 Å². The van der Waals surface area contributed by atoms with Gasteiger partial charge in [0, 0.05) is 16.4 Å². The van der Waals surface area contributed by atoms with Gasteiger partial charge in [-0.1, -0.05) is 30.3 Å². The second-order valence-electron chi connectivity index (χ2n) is 4.21. The van der Waals surface area contributed by atoms with Crippen molar-refractivity contribution in [1.29, 1.82) is 0 Å².